The quantitative estimate of drug-likeness (QED) is 0.574. The standard InChI is InChI=1S/C25H30N4O3/c1-5-29-20(16-21(28-29)19-11-13-26-14-12-19)17-23(30)22(15-18-9-7-6-8-10-18)27-24(31)32-25(2,3)4/h6-14,16,22H,5,15,17H2,1-4H3,(H,27,31)/t22-/m0/s1. The number of carbonyl (C=O) groups is 2. The third kappa shape index (κ3) is 6.51. The Morgan fingerprint density at radius 2 is 1.78 bits per heavy atom. The number of ketones is 1. The molecule has 1 atom stereocenters. The second kappa shape index (κ2) is 10.2. The van der Waals surface area contributed by atoms with Gasteiger partial charge in [-0.1, -0.05) is 30.3 Å². The maximum absolute atomic E-state index is 13.3. The highest BCUT2D eigenvalue weighted by molar-refractivity contribution is 5.89. The Bertz CT molecular complexity index is 1040. The third-order valence-electron chi connectivity index (χ3n) is 4.86. The van der Waals surface area contributed by atoms with Gasteiger partial charge in [0.05, 0.1) is 18.2 Å². The first-order valence-electron chi connectivity index (χ1n) is 10.8. The van der Waals surface area contributed by atoms with Crippen LogP contribution in [0.4, 0.5) is 4.79 Å². The molecule has 32 heavy (non-hydrogen) atoms. The number of benzene rings is 1. The van der Waals surface area contributed by atoms with Crippen molar-refractivity contribution in [2.45, 2.75) is 58.7 Å². The highest BCUT2D eigenvalue weighted by Gasteiger charge is 2.26. The van der Waals surface area contributed by atoms with Gasteiger partial charge in [-0.3, -0.25) is 14.5 Å². The summed E-state index contributed by atoms with van der Waals surface area (Å²) in [6.45, 7) is 8.00. The molecule has 168 valence electrons. The molecule has 3 rings (SSSR count). The minimum atomic E-state index is -0.711. The fourth-order valence-corrected chi connectivity index (χ4v) is 3.38. The molecule has 0 spiro atoms. The Hall–Kier alpha value is -3.48. The molecule has 1 aromatic carbocycles. The highest BCUT2D eigenvalue weighted by Crippen LogP contribution is 2.19. The van der Waals surface area contributed by atoms with Crippen molar-refractivity contribution in [2.75, 3.05) is 0 Å². The molecule has 0 radical (unpaired) electrons. The number of hydrogen-bond donors (Lipinski definition) is 1. The lowest BCUT2D eigenvalue weighted by atomic mass is 9.99. The number of nitrogens with zero attached hydrogens (tertiary/aromatic N) is 3. The zero-order chi connectivity index (χ0) is 23.1. The second-order valence-corrected chi connectivity index (χ2v) is 8.60. The summed E-state index contributed by atoms with van der Waals surface area (Å²) >= 11 is 0. The molecule has 0 bridgehead atoms. The molecular formula is C25H30N4O3. The lowest BCUT2D eigenvalue weighted by molar-refractivity contribution is -0.120. The van der Waals surface area contributed by atoms with Crippen LogP contribution in [0.2, 0.25) is 0 Å². The summed E-state index contributed by atoms with van der Waals surface area (Å²) in [5, 5.41) is 7.40. The Kier molecular flexibility index (Phi) is 7.41. The van der Waals surface area contributed by atoms with Gasteiger partial charge in [-0.05, 0) is 57.9 Å². The molecule has 2 heterocycles. The van der Waals surface area contributed by atoms with Crippen molar-refractivity contribution in [3.8, 4) is 11.3 Å². The minimum Gasteiger partial charge on any atom is -0.444 e. The molecule has 3 aromatic rings. The molecule has 0 aliphatic heterocycles. The predicted octanol–water partition coefficient (Wildman–Crippen LogP) is 4.21. The van der Waals surface area contributed by atoms with Crippen LogP contribution in [-0.4, -0.2) is 38.3 Å². The van der Waals surface area contributed by atoms with E-state index in [1.165, 1.54) is 0 Å². The summed E-state index contributed by atoms with van der Waals surface area (Å²) in [5.41, 5.74) is 2.84. The average molecular weight is 435 g/mol. The molecule has 7 nitrogen and oxygen atoms in total. The normalized spacial score (nSPS) is 12.2. The summed E-state index contributed by atoms with van der Waals surface area (Å²) in [5.74, 6) is -0.101. The number of ether oxygens (including phenoxy) is 1. The van der Waals surface area contributed by atoms with E-state index in [2.05, 4.69) is 15.4 Å². The number of pyridine rings is 1. The van der Waals surface area contributed by atoms with E-state index in [4.69, 9.17) is 4.74 Å². The monoisotopic (exact) mass is 434 g/mol. The topological polar surface area (TPSA) is 86.1 Å². The van der Waals surface area contributed by atoms with Gasteiger partial charge in [0.2, 0.25) is 0 Å². The summed E-state index contributed by atoms with van der Waals surface area (Å²) in [6, 6.07) is 14.6. The summed E-state index contributed by atoms with van der Waals surface area (Å²) in [7, 11) is 0. The molecule has 2 aromatic heterocycles. The van der Waals surface area contributed by atoms with E-state index in [1.807, 2.05) is 60.1 Å². The van der Waals surface area contributed by atoms with Crippen LogP contribution >= 0.6 is 0 Å². The van der Waals surface area contributed by atoms with E-state index in [0.717, 1.165) is 22.5 Å². The van der Waals surface area contributed by atoms with E-state index in [9.17, 15) is 9.59 Å². The first kappa shape index (κ1) is 23.2. The Labute approximate surface area is 188 Å². The molecule has 0 saturated heterocycles. The van der Waals surface area contributed by atoms with Gasteiger partial charge in [-0.25, -0.2) is 4.79 Å². The molecule has 0 fully saturated rings. The van der Waals surface area contributed by atoms with Crippen LogP contribution < -0.4 is 5.32 Å². The van der Waals surface area contributed by atoms with Crippen LogP contribution in [0, 0.1) is 0 Å². The van der Waals surface area contributed by atoms with Crippen molar-refractivity contribution >= 4 is 11.9 Å². The van der Waals surface area contributed by atoms with Crippen molar-refractivity contribution in [1.82, 2.24) is 20.1 Å². The van der Waals surface area contributed by atoms with Crippen molar-refractivity contribution < 1.29 is 14.3 Å². The van der Waals surface area contributed by atoms with Crippen LogP contribution in [0.15, 0.2) is 60.9 Å². The molecule has 1 N–H and O–H groups in total. The molecule has 7 heteroatoms. The molecular weight excluding hydrogens is 404 g/mol. The summed E-state index contributed by atoms with van der Waals surface area (Å²) in [4.78, 5) is 29.8. The van der Waals surface area contributed by atoms with Crippen LogP contribution in [0.25, 0.3) is 11.3 Å². The van der Waals surface area contributed by atoms with Gasteiger partial charge < -0.3 is 10.1 Å². The van der Waals surface area contributed by atoms with E-state index in [0.29, 0.717) is 13.0 Å². The van der Waals surface area contributed by atoms with Crippen LogP contribution in [-0.2, 0) is 28.9 Å². The fourth-order valence-electron chi connectivity index (χ4n) is 3.38. The van der Waals surface area contributed by atoms with E-state index in [1.54, 1.807) is 33.2 Å². The Morgan fingerprint density at radius 3 is 2.41 bits per heavy atom. The van der Waals surface area contributed by atoms with Gasteiger partial charge in [0.25, 0.3) is 0 Å². The van der Waals surface area contributed by atoms with Crippen molar-refractivity contribution in [1.29, 1.82) is 0 Å². The van der Waals surface area contributed by atoms with Gasteiger partial charge in [0.1, 0.15) is 5.60 Å². The predicted molar refractivity (Wildman–Crippen MR) is 123 cm³/mol. The third-order valence-corrected chi connectivity index (χ3v) is 4.86. The van der Waals surface area contributed by atoms with Crippen molar-refractivity contribution in [2.24, 2.45) is 0 Å². The van der Waals surface area contributed by atoms with Gasteiger partial charge in [0.15, 0.2) is 5.78 Å². The maximum atomic E-state index is 13.3. The van der Waals surface area contributed by atoms with Crippen molar-refractivity contribution in [3.05, 3.63) is 72.2 Å². The lowest BCUT2D eigenvalue weighted by Gasteiger charge is -2.23. The van der Waals surface area contributed by atoms with Gasteiger partial charge in [0, 0.05) is 30.2 Å². The van der Waals surface area contributed by atoms with Crippen LogP contribution in [0.3, 0.4) is 0 Å². The number of amides is 1. The number of rotatable bonds is 8. The largest absolute Gasteiger partial charge is 0.444 e. The number of carbonyl (C=O) groups excluding carboxylic acids is 2. The van der Waals surface area contributed by atoms with Gasteiger partial charge in [-0.15, -0.1) is 0 Å². The number of nitrogens with one attached hydrogen (secondary N) is 1. The summed E-state index contributed by atoms with van der Waals surface area (Å²) in [6.07, 6.45) is 3.36. The number of hydrogen-bond acceptors (Lipinski definition) is 5. The second-order valence-electron chi connectivity index (χ2n) is 8.60. The molecule has 0 saturated carbocycles. The van der Waals surface area contributed by atoms with Gasteiger partial charge in [-0.2, -0.15) is 5.10 Å². The smallest absolute Gasteiger partial charge is 0.408 e. The van der Waals surface area contributed by atoms with Crippen molar-refractivity contribution in [3.63, 3.8) is 0 Å². The maximum Gasteiger partial charge on any atom is 0.408 e. The number of aryl methyl sites for hydroxylation is 1. The average Bonchev–Trinajstić information content (AvgIpc) is 3.16. The minimum absolute atomic E-state index is 0.101. The fraction of sp³-hybridized carbons (Fsp3) is 0.360. The number of aromatic nitrogens is 3. The molecule has 0 unspecified atom stereocenters. The Morgan fingerprint density at radius 1 is 1.09 bits per heavy atom. The molecule has 0 aliphatic rings. The lowest BCUT2D eigenvalue weighted by Crippen LogP contribution is -2.45. The van der Waals surface area contributed by atoms with E-state index >= 15 is 0 Å². The van der Waals surface area contributed by atoms with E-state index < -0.39 is 17.7 Å². The first-order valence-corrected chi connectivity index (χ1v) is 10.8. The molecule has 1 amide bonds. The zero-order valence-electron chi connectivity index (χ0n) is 19.0. The highest BCUT2D eigenvalue weighted by atomic mass is 16.6. The Balaban J connectivity index is 1.81. The first-order chi connectivity index (χ1) is 15.2. The zero-order valence-corrected chi connectivity index (χ0v) is 19.0. The number of alkyl carbamates (subject to hydrolysis) is 1. The SMILES string of the molecule is CCn1nc(-c2ccncc2)cc1CC(=O)[C@H](Cc1ccccc1)NC(=O)OC(C)(C)C. The summed E-state index contributed by atoms with van der Waals surface area (Å²) < 4.78 is 7.21. The molecule has 0 aliphatic carbocycles. The van der Waals surface area contributed by atoms with Crippen LogP contribution in [0.5, 0.6) is 0 Å². The van der Waals surface area contributed by atoms with E-state index in [-0.39, 0.29) is 12.2 Å². The van der Waals surface area contributed by atoms with Gasteiger partial charge >= 0.3 is 6.09 Å². The van der Waals surface area contributed by atoms with Crippen LogP contribution in [0.1, 0.15) is 39.0 Å². The number of Topliss-reactive ketones (excluding diaryl/α,β-unsaturated/α-hetero) is 1.